The maximum Gasteiger partial charge on any atom is 0.263 e. The molecule has 166 valence electrons. The lowest BCUT2D eigenvalue weighted by atomic mass is 10.1. The third-order valence-corrected chi connectivity index (χ3v) is 6.58. The lowest BCUT2D eigenvalue weighted by Gasteiger charge is -2.20. The van der Waals surface area contributed by atoms with Gasteiger partial charge in [-0.1, -0.05) is 49.7 Å². The van der Waals surface area contributed by atoms with Gasteiger partial charge in [-0.05, 0) is 37.5 Å². The van der Waals surface area contributed by atoms with E-state index in [0.717, 1.165) is 41.5 Å². The molecule has 7 heteroatoms. The first kappa shape index (κ1) is 22.0. The van der Waals surface area contributed by atoms with Crippen molar-refractivity contribution in [3.05, 3.63) is 65.7 Å². The number of nitrogens with zero attached hydrogens (tertiary/aromatic N) is 2. The van der Waals surface area contributed by atoms with E-state index >= 15 is 0 Å². The number of thiazole rings is 1. The molecule has 0 spiro atoms. The molecule has 2 aromatic carbocycles. The van der Waals surface area contributed by atoms with Crippen LogP contribution in [0.5, 0.6) is 0 Å². The molecule has 4 rings (SSSR count). The highest BCUT2D eigenvalue weighted by Crippen LogP contribution is 2.25. The second-order valence-corrected chi connectivity index (χ2v) is 8.97. The van der Waals surface area contributed by atoms with Crippen LogP contribution in [0.15, 0.2) is 60.8 Å². The molecule has 1 aliphatic heterocycles. The van der Waals surface area contributed by atoms with Gasteiger partial charge in [0.05, 0.1) is 6.20 Å². The summed E-state index contributed by atoms with van der Waals surface area (Å²) < 4.78 is 0. The zero-order valence-electron chi connectivity index (χ0n) is 18.2. The van der Waals surface area contributed by atoms with Gasteiger partial charge in [-0.15, -0.1) is 11.3 Å². The molecule has 0 radical (unpaired) electrons. The minimum atomic E-state index is -0.606. The molecule has 32 heavy (non-hydrogen) atoms. The average Bonchev–Trinajstić information content (AvgIpc) is 3.52. The summed E-state index contributed by atoms with van der Waals surface area (Å²) in [5.74, 6) is -0.476. The minimum Gasteiger partial charge on any atom is -0.371 e. The Labute approximate surface area is 192 Å². The molecule has 1 saturated heterocycles. The van der Waals surface area contributed by atoms with Crippen molar-refractivity contribution in [2.45, 2.75) is 38.6 Å². The van der Waals surface area contributed by atoms with E-state index in [4.69, 9.17) is 0 Å². The molecule has 1 aromatic heterocycles. The van der Waals surface area contributed by atoms with E-state index in [9.17, 15) is 9.59 Å². The van der Waals surface area contributed by atoms with E-state index in [0.29, 0.717) is 11.3 Å². The summed E-state index contributed by atoms with van der Waals surface area (Å²) in [4.78, 5) is 33.0. The standard InChI is InChI=1S/C25H28N4O2S/c1-2-9-21(23(30)27-19-12-8-13-20(16-19)29-14-6-7-15-29)28-24(31)22-17-26-25(32-22)18-10-4-3-5-11-18/h3-5,8,10-13,16-17,21H,2,6-7,9,14-15H2,1H3,(H,27,30)(H,28,31). The van der Waals surface area contributed by atoms with Crippen LogP contribution in [0.1, 0.15) is 42.3 Å². The lowest BCUT2D eigenvalue weighted by Crippen LogP contribution is -2.43. The van der Waals surface area contributed by atoms with Crippen LogP contribution in [0, 0.1) is 0 Å². The number of carbonyl (C=O) groups is 2. The second kappa shape index (κ2) is 10.4. The number of carbonyl (C=O) groups excluding carboxylic acids is 2. The molecule has 0 aliphatic carbocycles. The minimum absolute atomic E-state index is 0.202. The lowest BCUT2D eigenvalue weighted by molar-refractivity contribution is -0.118. The van der Waals surface area contributed by atoms with Crippen molar-refractivity contribution >= 4 is 34.5 Å². The molecule has 2 N–H and O–H groups in total. The number of nitrogens with one attached hydrogen (secondary N) is 2. The number of aromatic nitrogens is 1. The number of amides is 2. The Morgan fingerprint density at radius 3 is 2.62 bits per heavy atom. The van der Waals surface area contributed by atoms with Gasteiger partial charge in [-0.25, -0.2) is 4.98 Å². The summed E-state index contributed by atoms with van der Waals surface area (Å²) in [6.45, 7) is 4.10. The summed E-state index contributed by atoms with van der Waals surface area (Å²) in [6.07, 6.45) is 5.32. The fourth-order valence-corrected chi connectivity index (χ4v) is 4.69. The Balaban J connectivity index is 1.42. The molecule has 6 nitrogen and oxygen atoms in total. The Kier molecular flexibility index (Phi) is 7.17. The third-order valence-electron chi connectivity index (χ3n) is 5.53. The van der Waals surface area contributed by atoms with Crippen LogP contribution < -0.4 is 15.5 Å². The van der Waals surface area contributed by atoms with Crippen molar-refractivity contribution in [2.24, 2.45) is 0 Å². The molecule has 2 amide bonds. The first-order valence-corrected chi connectivity index (χ1v) is 11.9. The highest BCUT2D eigenvalue weighted by molar-refractivity contribution is 7.16. The molecule has 0 saturated carbocycles. The van der Waals surface area contributed by atoms with Crippen LogP contribution in [-0.4, -0.2) is 35.9 Å². The summed E-state index contributed by atoms with van der Waals surface area (Å²) in [5, 5.41) is 6.67. The van der Waals surface area contributed by atoms with Crippen molar-refractivity contribution in [3.63, 3.8) is 0 Å². The monoisotopic (exact) mass is 448 g/mol. The smallest absolute Gasteiger partial charge is 0.263 e. The Morgan fingerprint density at radius 1 is 1.09 bits per heavy atom. The number of rotatable bonds is 8. The van der Waals surface area contributed by atoms with Gasteiger partial charge in [-0.3, -0.25) is 9.59 Å². The van der Waals surface area contributed by atoms with Gasteiger partial charge in [0.1, 0.15) is 15.9 Å². The normalized spacial score (nSPS) is 14.2. The number of hydrogen-bond donors (Lipinski definition) is 2. The largest absolute Gasteiger partial charge is 0.371 e. The van der Waals surface area contributed by atoms with Crippen LogP contribution in [0.25, 0.3) is 10.6 Å². The van der Waals surface area contributed by atoms with Crippen molar-refractivity contribution in [1.29, 1.82) is 0 Å². The molecule has 1 aliphatic rings. The fraction of sp³-hybridized carbons (Fsp3) is 0.320. The molecule has 3 aromatic rings. The maximum atomic E-state index is 13.0. The van der Waals surface area contributed by atoms with Gasteiger partial charge in [0, 0.05) is 30.0 Å². The summed E-state index contributed by atoms with van der Waals surface area (Å²) in [5.41, 5.74) is 2.84. The zero-order valence-corrected chi connectivity index (χ0v) is 19.0. The van der Waals surface area contributed by atoms with Gasteiger partial charge >= 0.3 is 0 Å². The van der Waals surface area contributed by atoms with Gasteiger partial charge in [0.25, 0.3) is 5.91 Å². The van der Waals surface area contributed by atoms with Crippen molar-refractivity contribution in [3.8, 4) is 10.6 Å². The molecule has 1 fully saturated rings. The van der Waals surface area contributed by atoms with E-state index in [-0.39, 0.29) is 11.8 Å². The predicted octanol–water partition coefficient (Wildman–Crippen LogP) is 4.95. The van der Waals surface area contributed by atoms with Crippen LogP contribution in [0.4, 0.5) is 11.4 Å². The van der Waals surface area contributed by atoms with E-state index < -0.39 is 6.04 Å². The Bertz CT molecular complexity index is 1060. The van der Waals surface area contributed by atoms with Gasteiger partial charge in [0.15, 0.2) is 0 Å². The van der Waals surface area contributed by atoms with E-state index in [2.05, 4.69) is 26.6 Å². The van der Waals surface area contributed by atoms with Crippen molar-refractivity contribution in [2.75, 3.05) is 23.3 Å². The van der Waals surface area contributed by atoms with Crippen LogP contribution >= 0.6 is 11.3 Å². The summed E-state index contributed by atoms with van der Waals surface area (Å²) in [7, 11) is 0. The Morgan fingerprint density at radius 2 is 1.88 bits per heavy atom. The topological polar surface area (TPSA) is 74.3 Å². The zero-order chi connectivity index (χ0) is 22.3. The molecule has 2 heterocycles. The first-order valence-electron chi connectivity index (χ1n) is 11.1. The maximum absolute atomic E-state index is 13.0. The SMILES string of the molecule is CCCC(NC(=O)c1cnc(-c2ccccc2)s1)C(=O)Nc1cccc(N2CCCC2)c1. The van der Waals surface area contributed by atoms with Crippen molar-refractivity contribution in [1.82, 2.24) is 10.3 Å². The second-order valence-electron chi connectivity index (χ2n) is 7.94. The first-order chi connectivity index (χ1) is 15.6. The quantitative estimate of drug-likeness (QED) is 0.511. The van der Waals surface area contributed by atoms with Crippen LogP contribution in [-0.2, 0) is 4.79 Å². The summed E-state index contributed by atoms with van der Waals surface area (Å²) >= 11 is 1.33. The number of hydrogen-bond acceptors (Lipinski definition) is 5. The van der Waals surface area contributed by atoms with E-state index in [1.807, 2.05) is 55.5 Å². The molecule has 0 bridgehead atoms. The molecule has 1 atom stereocenters. The predicted molar refractivity (Wildman–Crippen MR) is 130 cm³/mol. The van der Waals surface area contributed by atoms with Gasteiger partial charge in [-0.2, -0.15) is 0 Å². The van der Waals surface area contributed by atoms with Crippen LogP contribution in [0.3, 0.4) is 0 Å². The highest BCUT2D eigenvalue weighted by Gasteiger charge is 2.22. The van der Waals surface area contributed by atoms with Gasteiger partial charge < -0.3 is 15.5 Å². The van der Waals surface area contributed by atoms with Crippen LogP contribution in [0.2, 0.25) is 0 Å². The average molecular weight is 449 g/mol. The Hall–Kier alpha value is -3.19. The molecular weight excluding hydrogens is 420 g/mol. The number of anilines is 2. The highest BCUT2D eigenvalue weighted by atomic mass is 32.1. The fourth-order valence-electron chi connectivity index (χ4n) is 3.87. The van der Waals surface area contributed by atoms with E-state index in [1.54, 1.807) is 6.20 Å². The van der Waals surface area contributed by atoms with Gasteiger partial charge in [0.2, 0.25) is 5.91 Å². The van der Waals surface area contributed by atoms with Crippen molar-refractivity contribution < 1.29 is 9.59 Å². The molecular formula is C25H28N4O2S. The summed E-state index contributed by atoms with van der Waals surface area (Å²) in [6, 6.07) is 17.1. The van der Waals surface area contributed by atoms with E-state index in [1.165, 1.54) is 24.2 Å². The molecule has 1 unspecified atom stereocenters. The third kappa shape index (κ3) is 5.34. The number of benzene rings is 2.